The maximum absolute atomic E-state index is 12.2. The molecular weight excluding hydrogens is 250 g/mol. The van der Waals surface area contributed by atoms with Crippen LogP contribution < -0.4 is 0 Å². The van der Waals surface area contributed by atoms with Gasteiger partial charge in [-0.25, -0.2) is 9.59 Å². The predicted molar refractivity (Wildman–Crippen MR) is 68.8 cm³/mol. The summed E-state index contributed by atoms with van der Waals surface area (Å²) in [6.07, 6.45) is 0.0792. The first-order valence-corrected chi connectivity index (χ1v) is 6.54. The number of ether oxygens (including phenoxy) is 1. The quantitative estimate of drug-likeness (QED) is 0.813. The van der Waals surface area contributed by atoms with Crippen LogP contribution in [0.15, 0.2) is 0 Å². The van der Waals surface area contributed by atoms with E-state index >= 15 is 0 Å². The molecule has 1 fully saturated rings. The Hall–Kier alpha value is -1.30. The van der Waals surface area contributed by atoms with E-state index in [1.54, 1.807) is 27.7 Å². The molecule has 1 aliphatic rings. The van der Waals surface area contributed by atoms with Crippen LogP contribution in [0.3, 0.4) is 0 Å². The number of carbonyl (C=O) groups is 2. The number of likely N-dealkylation sites (tertiary alicyclic amines) is 1. The first kappa shape index (κ1) is 15.8. The monoisotopic (exact) mass is 273 g/mol. The molecule has 2 atom stereocenters. The number of amides is 1. The summed E-state index contributed by atoms with van der Waals surface area (Å²) in [5, 5.41) is 18.9. The van der Waals surface area contributed by atoms with E-state index < -0.39 is 29.1 Å². The minimum Gasteiger partial charge on any atom is -0.479 e. The largest absolute Gasteiger partial charge is 0.479 e. The molecule has 0 spiro atoms. The van der Waals surface area contributed by atoms with Gasteiger partial charge in [0.25, 0.3) is 0 Å². The van der Waals surface area contributed by atoms with Gasteiger partial charge in [-0.3, -0.25) is 4.90 Å². The van der Waals surface area contributed by atoms with Gasteiger partial charge in [-0.1, -0.05) is 6.92 Å². The minimum atomic E-state index is -1.36. The van der Waals surface area contributed by atoms with Crippen molar-refractivity contribution >= 4 is 12.1 Å². The Morgan fingerprint density at radius 1 is 1.42 bits per heavy atom. The summed E-state index contributed by atoms with van der Waals surface area (Å²) >= 11 is 0. The highest BCUT2D eigenvalue weighted by Gasteiger charge is 2.56. The summed E-state index contributed by atoms with van der Waals surface area (Å²) in [6, 6.07) is 0. The summed E-state index contributed by atoms with van der Waals surface area (Å²) in [4.78, 5) is 25.1. The zero-order valence-electron chi connectivity index (χ0n) is 12.0. The average molecular weight is 273 g/mol. The molecule has 1 amide bonds. The lowest BCUT2D eigenvalue weighted by Crippen LogP contribution is -2.57. The van der Waals surface area contributed by atoms with E-state index in [0.717, 1.165) is 0 Å². The highest BCUT2D eigenvalue weighted by molar-refractivity contribution is 5.85. The highest BCUT2D eigenvalue weighted by Crippen LogP contribution is 2.38. The Bertz CT molecular complexity index is 363. The Kier molecular flexibility index (Phi) is 4.45. The maximum Gasteiger partial charge on any atom is 0.411 e. The van der Waals surface area contributed by atoms with Crippen molar-refractivity contribution in [2.75, 3.05) is 13.2 Å². The number of aliphatic hydroxyl groups excluding tert-OH is 1. The van der Waals surface area contributed by atoms with E-state index in [1.807, 2.05) is 0 Å². The second-order valence-corrected chi connectivity index (χ2v) is 5.88. The van der Waals surface area contributed by atoms with Crippen LogP contribution in [0.1, 0.15) is 40.5 Å². The van der Waals surface area contributed by atoms with Crippen LogP contribution in [0, 0.1) is 5.92 Å². The van der Waals surface area contributed by atoms with Crippen molar-refractivity contribution in [2.24, 2.45) is 5.92 Å². The van der Waals surface area contributed by atoms with Crippen molar-refractivity contribution in [3.63, 3.8) is 0 Å². The number of carboxylic acids is 1. The van der Waals surface area contributed by atoms with Crippen molar-refractivity contribution in [3.05, 3.63) is 0 Å². The lowest BCUT2D eigenvalue weighted by Gasteiger charge is -2.38. The second kappa shape index (κ2) is 5.36. The third kappa shape index (κ3) is 2.83. The van der Waals surface area contributed by atoms with E-state index in [0.29, 0.717) is 13.0 Å². The number of carboxylic acid groups (broad SMARTS) is 1. The molecule has 0 aromatic carbocycles. The van der Waals surface area contributed by atoms with Gasteiger partial charge in [0.2, 0.25) is 0 Å². The van der Waals surface area contributed by atoms with E-state index in [1.165, 1.54) is 4.90 Å². The van der Waals surface area contributed by atoms with Crippen molar-refractivity contribution in [2.45, 2.75) is 51.7 Å². The van der Waals surface area contributed by atoms with Crippen LogP contribution in [0.4, 0.5) is 4.79 Å². The molecule has 0 aromatic rings. The summed E-state index contributed by atoms with van der Waals surface area (Å²) in [5.74, 6) is -1.54. The van der Waals surface area contributed by atoms with Crippen LogP contribution in [-0.4, -0.2) is 51.5 Å². The number of carbonyl (C=O) groups excluding carboxylic acids is 1. The van der Waals surface area contributed by atoms with Crippen molar-refractivity contribution in [1.82, 2.24) is 4.90 Å². The predicted octanol–water partition coefficient (Wildman–Crippen LogP) is 1.47. The van der Waals surface area contributed by atoms with E-state index in [2.05, 4.69) is 0 Å². The number of aliphatic carboxylic acids is 1. The zero-order valence-corrected chi connectivity index (χ0v) is 12.0. The van der Waals surface area contributed by atoms with Crippen molar-refractivity contribution in [3.8, 4) is 0 Å². The standard InChI is InChI=1S/C13H23NO5/c1-5-13(10(16)17)9(8-15)6-7-14(13)11(18)19-12(2,3)4/h9,15H,5-8H2,1-4H3,(H,16,17). The van der Waals surface area contributed by atoms with Gasteiger partial charge in [-0.05, 0) is 33.6 Å². The number of aliphatic hydroxyl groups is 1. The molecule has 0 aliphatic carbocycles. The van der Waals surface area contributed by atoms with Crippen LogP contribution in [0.2, 0.25) is 0 Å². The Balaban J connectivity index is 3.06. The van der Waals surface area contributed by atoms with Gasteiger partial charge < -0.3 is 14.9 Å². The third-order valence-electron chi connectivity index (χ3n) is 3.60. The molecule has 19 heavy (non-hydrogen) atoms. The number of rotatable bonds is 3. The molecular formula is C13H23NO5. The molecule has 110 valence electrons. The molecule has 6 nitrogen and oxygen atoms in total. The second-order valence-electron chi connectivity index (χ2n) is 5.88. The fraction of sp³-hybridized carbons (Fsp3) is 0.846. The maximum atomic E-state index is 12.2. The average Bonchev–Trinajstić information content (AvgIpc) is 2.65. The van der Waals surface area contributed by atoms with Gasteiger partial charge in [0.15, 0.2) is 0 Å². The van der Waals surface area contributed by atoms with Crippen LogP contribution >= 0.6 is 0 Å². The fourth-order valence-electron chi connectivity index (χ4n) is 2.68. The lowest BCUT2D eigenvalue weighted by molar-refractivity contribution is -0.153. The first-order valence-electron chi connectivity index (χ1n) is 6.54. The highest BCUT2D eigenvalue weighted by atomic mass is 16.6. The van der Waals surface area contributed by atoms with E-state index in [9.17, 15) is 19.8 Å². The van der Waals surface area contributed by atoms with Crippen LogP contribution in [0.5, 0.6) is 0 Å². The summed E-state index contributed by atoms with van der Waals surface area (Å²) in [5.41, 5.74) is -2.04. The molecule has 0 saturated carbocycles. The third-order valence-corrected chi connectivity index (χ3v) is 3.60. The summed E-state index contributed by atoms with van der Waals surface area (Å²) < 4.78 is 5.26. The van der Waals surface area contributed by atoms with Gasteiger partial charge in [0.05, 0.1) is 0 Å². The Morgan fingerprint density at radius 2 is 2.00 bits per heavy atom. The van der Waals surface area contributed by atoms with Crippen LogP contribution in [0.25, 0.3) is 0 Å². The molecule has 1 heterocycles. The molecule has 1 aliphatic heterocycles. The van der Waals surface area contributed by atoms with Crippen molar-refractivity contribution in [1.29, 1.82) is 0 Å². The Labute approximate surface area is 113 Å². The molecule has 2 unspecified atom stereocenters. The Morgan fingerprint density at radius 3 is 2.37 bits per heavy atom. The normalized spacial score (nSPS) is 27.4. The molecule has 6 heteroatoms. The zero-order chi connectivity index (χ0) is 14.8. The summed E-state index contributed by atoms with van der Waals surface area (Å²) in [6.45, 7) is 6.95. The van der Waals surface area contributed by atoms with Crippen LogP contribution in [-0.2, 0) is 9.53 Å². The van der Waals surface area contributed by atoms with Crippen molar-refractivity contribution < 1.29 is 24.5 Å². The summed E-state index contributed by atoms with van der Waals surface area (Å²) in [7, 11) is 0. The van der Waals surface area contributed by atoms with Gasteiger partial charge in [0, 0.05) is 19.1 Å². The molecule has 0 aromatic heterocycles. The molecule has 0 bridgehead atoms. The first-order chi connectivity index (χ1) is 8.69. The van der Waals surface area contributed by atoms with Gasteiger partial charge in [0.1, 0.15) is 11.1 Å². The molecule has 1 saturated heterocycles. The molecule has 0 radical (unpaired) electrons. The lowest BCUT2D eigenvalue weighted by atomic mass is 9.83. The van der Waals surface area contributed by atoms with Gasteiger partial charge in [-0.2, -0.15) is 0 Å². The van der Waals surface area contributed by atoms with E-state index in [4.69, 9.17) is 4.74 Å². The molecule has 2 N–H and O–H groups in total. The SMILES string of the molecule is CCC1(C(=O)O)C(CO)CCN1C(=O)OC(C)(C)C. The van der Waals surface area contributed by atoms with Gasteiger partial charge >= 0.3 is 12.1 Å². The number of hydrogen-bond acceptors (Lipinski definition) is 4. The topological polar surface area (TPSA) is 87.1 Å². The van der Waals surface area contributed by atoms with Gasteiger partial charge in [-0.15, -0.1) is 0 Å². The van der Waals surface area contributed by atoms with E-state index in [-0.39, 0.29) is 13.0 Å². The number of nitrogens with zero attached hydrogens (tertiary/aromatic N) is 1. The molecule has 1 rings (SSSR count). The fourth-order valence-corrected chi connectivity index (χ4v) is 2.68. The minimum absolute atomic E-state index is 0.243. The number of hydrogen-bond donors (Lipinski definition) is 2. The smallest absolute Gasteiger partial charge is 0.411 e.